The lowest BCUT2D eigenvalue weighted by Crippen LogP contribution is -2.26. The molecule has 1 N–H and O–H groups in total. The number of carboxylic acids is 1. The van der Waals surface area contributed by atoms with Gasteiger partial charge in [-0.25, -0.2) is 0 Å². The quantitative estimate of drug-likeness (QED) is 0.900. The van der Waals surface area contributed by atoms with Crippen LogP contribution in [0.1, 0.15) is 42.4 Å². The first-order valence-corrected chi connectivity index (χ1v) is 7.40. The van der Waals surface area contributed by atoms with E-state index in [0.717, 1.165) is 60.5 Å². The molecule has 0 radical (unpaired) electrons. The van der Waals surface area contributed by atoms with E-state index >= 15 is 0 Å². The Labute approximate surface area is 117 Å². The van der Waals surface area contributed by atoms with E-state index < -0.39 is 11.4 Å². The zero-order valence-corrected chi connectivity index (χ0v) is 11.4. The standard InChI is InChI=1S/C16H18O4/c17-15(18)16(5-6-16)13-11-4-2-7-19-12(11)9-10-3-1-8-20-14(10)13/h9H,1-8H2,(H,17,18). The molecule has 106 valence electrons. The molecule has 4 nitrogen and oxygen atoms in total. The molecule has 0 amide bonds. The number of carboxylic acid groups (broad SMARTS) is 1. The number of aliphatic carboxylic acids is 1. The summed E-state index contributed by atoms with van der Waals surface area (Å²) in [6.45, 7) is 1.42. The van der Waals surface area contributed by atoms with Crippen LogP contribution in [0.2, 0.25) is 0 Å². The molecule has 0 bridgehead atoms. The normalized spacial score (nSPS) is 22.0. The Hall–Kier alpha value is -1.71. The van der Waals surface area contributed by atoms with Gasteiger partial charge in [0.1, 0.15) is 11.5 Å². The summed E-state index contributed by atoms with van der Waals surface area (Å²) in [6, 6.07) is 2.07. The molecule has 2 heterocycles. The molecular weight excluding hydrogens is 256 g/mol. The van der Waals surface area contributed by atoms with Gasteiger partial charge in [0.05, 0.1) is 18.6 Å². The Morgan fingerprint density at radius 1 is 1.15 bits per heavy atom. The molecule has 1 aliphatic carbocycles. The van der Waals surface area contributed by atoms with E-state index in [0.29, 0.717) is 19.4 Å². The fourth-order valence-corrected chi connectivity index (χ4v) is 3.53. The molecule has 3 aliphatic rings. The largest absolute Gasteiger partial charge is 0.493 e. The van der Waals surface area contributed by atoms with Crippen LogP contribution < -0.4 is 9.47 Å². The summed E-state index contributed by atoms with van der Waals surface area (Å²) in [5, 5.41) is 9.66. The average molecular weight is 274 g/mol. The van der Waals surface area contributed by atoms with Crippen LogP contribution in [0.5, 0.6) is 11.5 Å². The fourth-order valence-electron chi connectivity index (χ4n) is 3.53. The van der Waals surface area contributed by atoms with Crippen molar-refractivity contribution in [2.75, 3.05) is 13.2 Å². The minimum atomic E-state index is -0.715. The maximum atomic E-state index is 11.8. The highest BCUT2D eigenvalue weighted by atomic mass is 16.5. The molecule has 0 atom stereocenters. The molecule has 1 saturated carbocycles. The van der Waals surface area contributed by atoms with Crippen molar-refractivity contribution in [3.63, 3.8) is 0 Å². The van der Waals surface area contributed by atoms with Crippen LogP contribution in [0.4, 0.5) is 0 Å². The maximum Gasteiger partial charge on any atom is 0.314 e. The van der Waals surface area contributed by atoms with Crippen molar-refractivity contribution in [3.8, 4) is 11.5 Å². The van der Waals surface area contributed by atoms with E-state index in [-0.39, 0.29) is 0 Å². The van der Waals surface area contributed by atoms with Gasteiger partial charge in [0.2, 0.25) is 0 Å². The van der Waals surface area contributed by atoms with Crippen LogP contribution in [-0.2, 0) is 23.1 Å². The maximum absolute atomic E-state index is 11.8. The number of aryl methyl sites for hydroxylation is 1. The first-order valence-electron chi connectivity index (χ1n) is 7.40. The average Bonchev–Trinajstić information content (AvgIpc) is 3.26. The molecule has 1 aromatic carbocycles. The van der Waals surface area contributed by atoms with E-state index in [1.54, 1.807) is 0 Å². The monoisotopic (exact) mass is 274 g/mol. The molecule has 1 aromatic rings. The summed E-state index contributed by atoms with van der Waals surface area (Å²) in [4.78, 5) is 11.8. The molecular formula is C16H18O4. The van der Waals surface area contributed by atoms with Gasteiger partial charge >= 0.3 is 5.97 Å². The molecule has 0 spiro atoms. The van der Waals surface area contributed by atoms with Gasteiger partial charge in [-0.05, 0) is 50.2 Å². The number of hydrogen-bond donors (Lipinski definition) is 1. The van der Waals surface area contributed by atoms with Gasteiger partial charge in [-0.15, -0.1) is 0 Å². The zero-order valence-electron chi connectivity index (χ0n) is 11.4. The lowest BCUT2D eigenvalue weighted by molar-refractivity contribution is -0.140. The molecule has 1 fully saturated rings. The van der Waals surface area contributed by atoms with Crippen molar-refractivity contribution in [1.29, 1.82) is 0 Å². The van der Waals surface area contributed by atoms with Gasteiger partial charge in [0.15, 0.2) is 0 Å². The number of ether oxygens (including phenoxy) is 2. The molecule has 20 heavy (non-hydrogen) atoms. The van der Waals surface area contributed by atoms with Gasteiger partial charge in [-0.3, -0.25) is 4.79 Å². The Morgan fingerprint density at radius 2 is 1.90 bits per heavy atom. The molecule has 2 aliphatic heterocycles. The van der Waals surface area contributed by atoms with E-state index in [9.17, 15) is 9.90 Å². The van der Waals surface area contributed by atoms with Gasteiger partial charge in [-0.1, -0.05) is 0 Å². The highest BCUT2D eigenvalue weighted by Gasteiger charge is 2.55. The van der Waals surface area contributed by atoms with Crippen molar-refractivity contribution in [2.24, 2.45) is 0 Å². The van der Waals surface area contributed by atoms with Gasteiger partial charge < -0.3 is 14.6 Å². The molecule has 0 saturated heterocycles. The highest BCUT2D eigenvalue weighted by molar-refractivity contribution is 5.87. The SMILES string of the molecule is O=C(O)C1(c2c3c(cc4c2OCCC4)OCCC3)CC1. The molecule has 4 rings (SSSR count). The Morgan fingerprint density at radius 3 is 2.65 bits per heavy atom. The van der Waals surface area contributed by atoms with Crippen LogP contribution in [0, 0.1) is 0 Å². The Balaban J connectivity index is 1.97. The summed E-state index contributed by atoms with van der Waals surface area (Å²) in [5.74, 6) is 1.02. The van der Waals surface area contributed by atoms with E-state index in [1.807, 2.05) is 0 Å². The first-order chi connectivity index (χ1) is 9.72. The van der Waals surface area contributed by atoms with E-state index in [1.165, 1.54) is 0 Å². The molecule has 0 aromatic heterocycles. The van der Waals surface area contributed by atoms with Crippen LogP contribution in [0.3, 0.4) is 0 Å². The van der Waals surface area contributed by atoms with Crippen molar-refractivity contribution >= 4 is 5.97 Å². The number of carbonyl (C=O) groups is 1. The third-order valence-corrected chi connectivity index (χ3v) is 4.73. The predicted octanol–water partition coefficient (Wildman–Crippen LogP) is 2.45. The van der Waals surface area contributed by atoms with Crippen molar-refractivity contribution in [1.82, 2.24) is 0 Å². The summed E-state index contributed by atoms with van der Waals surface area (Å²) < 4.78 is 11.7. The van der Waals surface area contributed by atoms with E-state index in [4.69, 9.17) is 9.47 Å². The van der Waals surface area contributed by atoms with Crippen molar-refractivity contribution in [3.05, 3.63) is 22.8 Å². The van der Waals surface area contributed by atoms with Crippen molar-refractivity contribution in [2.45, 2.75) is 43.9 Å². The molecule has 4 heteroatoms. The predicted molar refractivity (Wildman–Crippen MR) is 72.6 cm³/mol. The number of hydrogen-bond acceptors (Lipinski definition) is 3. The molecule has 0 unspecified atom stereocenters. The summed E-state index contributed by atoms with van der Waals surface area (Å²) in [5.41, 5.74) is 2.42. The third-order valence-electron chi connectivity index (χ3n) is 4.73. The van der Waals surface area contributed by atoms with Crippen LogP contribution in [0.25, 0.3) is 0 Å². The van der Waals surface area contributed by atoms with Gasteiger partial charge in [0, 0.05) is 11.1 Å². The smallest absolute Gasteiger partial charge is 0.314 e. The minimum Gasteiger partial charge on any atom is -0.493 e. The number of benzene rings is 1. The van der Waals surface area contributed by atoms with Crippen molar-refractivity contribution < 1.29 is 19.4 Å². The first kappa shape index (κ1) is 12.1. The van der Waals surface area contributed by atoms with Gasteiger partial charge in [-0.2, -0.15) is 0 Å². The highest BCUT2D eigenvalue weighted by Crippen LogP contribution is 2.56. The number of rotatable bonds is 2. The Kier molecular flexibility index (Phi) is 2.50. The summed E-state index contributed by atoms with van der Waals surface area (Å²) in [6.07, 6.45) is 5.23. The fraction of sp³-hybridized carbons (Fsp3) is 0.562. The lowest BCUT2D eigenvalue weighted by Gasteiger charge is -2.29. The number of fused-ring (bicyclic) bond motifs is 2. The summed E-state index contributed by atoms with van der Waals surface area (Å²) in [7, 11) is 0. The van der Waals surface area contributed by atoms with Crippen LogP contribution in [-0.4, -0.2) is 24.3 Å². The van der Waals surface area contributed by atoms with Crippen LogP contribution in [0.15, 0.2) is 6.07 Å². The Bertz CT molecular complexity index is 552. The van der Waals surface area contributed by atoms with Gasteiger partial charge in [0.25, 0.3) is 0 Å². The second-order valence-electron chi connectivity index (χ2n) is 6.01. The van der Waals surface area contributed by atoms with E-state index in [2.05, 4.69) is 6.07 Å². The topological polar surface area (TPSA) is 55.8 Å². The minimum absolute atomic E-state index is 0.690. The van der Waals surface area contributed by atoms with Crippen LogP contribution >= 0.6 is 0 Å². The zero-order chi connectivity index (χ0) is 13.7. The third kappa shape index (κ3) is 1.57. The summed E-state index contributed by atoms with van der Waals surface area (Å²) >= 11 is 0. The lowest BCUT2D eigenvalue weighted by atomic mass is 9.84. The second-order valence-corrected chi connectivity index (χ2v) is 6.01. The second kappa shape index (κ2) is 4.14.